The summed E-state index contributed by atoms with van der Waals surface area (Å²) in [5, 5.41) is 12.7. The van der Waals surface area contributed by atoms with Crippen LogP contribution in [0, 0.1) is 11.8 Å². The standard InChI is InChI=1S/C22H27BrN2O5S/c1-3-30-21(29)15-16-20(28)25(12(2)11-26)18(22(16)9-14(23)17(15)31-22)19(27)24-10-13-7-5-4-6-8-13/h4-8,12,14-18,26H,3,9-11H2,1-2H3,(H,24,27)/t12-,14?,15+,16+,17+,18?,22?/m1/s1. The topological polar surface area (TPSA) is 95.9 Å². The van der Waals surface area contributed by atoms with Crippen LogP contribution in [0.1, 0.15) is 25.8 Å². The molecule has 3 aliphatic rings. The number of carbonyl (C=O) groups is 3. The summed E-state index contributed by atoms with van der Waals surface area (Å²) in [4.78, 5) is 41.4. The number of benzene rings is 1. The molecule has 3 fully saturated rings. The van der Waals surface area contributed by atoms with Crippen LogP contribution in [-0.4, -0.2) is 67.9 Å². The Bertz CT molecular complexity index is 871. The molecule has 1 aromatic carbocycles. The highest BCUT2D eigenvalue weighted by Gasteiger charge is 2.76. The normalized spacial score (nSPS) is 34.5. The van der Waals surface area contributed by atoms with Gasteiger partial charge in [-0.1, -0.05) is 46.3 Å². The zero-order chi connectivity index (χ0) is 22.3. The maximum atomic E-state index is 13.6. The fourth-order valence-corrected chi connectivity index (χ4v) is 8.91. The average Bonchev–Trinajstić information content (AvgIpc) is 3.36. The highest BCUT2D eigenvalue weighted by molar-refractivity contribution is 9.09. The van der Waals surface area contributed by atoms with Gasteiger partial charge in [0.1, 0.15) is 6.04 Å². The Hall–Kier alpha value is -1.58. The summed E-state index contributed by atoms with van der Waals surface area (Å²) in [6.45, 7) is 3.81. The molecule has 0 radical (unpaired) electrons. The van der Waals surface area contributed by atoms with Crippen molar-refractivity contribution in [3.05, 3.63) is 35.9 Å². The number of alkyl halides is 1. The maximum absolute atomic E-state index is 13.6. The van der Waals surface area contributed by atoms with Crippen molar-refractivity contribution in [3.63, 3.8) is 0 Å². The van der Waals surface area contributed by atoms with Crippen LogP contribution in [0.25, 0.3) is 0 Å². The first-order valence-corrected chi connectivity index (χ1v) is 12.4. The SMILES string of the molecule is CCOC(=O)[C@H]1[C@H]2C(=O)N([C@H](C)CO)C(C(=O)NCc3ccccc3)C23CC(Br)[C@@H]1S3. The molecule has 31 heavy (non-hydrogen) atoms. The third-order valence-corrected chi connectivity index (χ3v) is 9.80. The van der Waals surface area contributed by atoms with Crippen LogP contribution in [0.4, 0.5) is 0 Å². The van der Waals surface area contributed by atoms with Gasteiger partial charge < -0.3 is 20.1 Å². The monoisotopic (exact) mass is 510 g/mol. The Morgan fingerprint density at radius 2 is 2.10 bits per heavy atom. The number of carbonyl (C=O) groups excluding carboxylic acids is 3. The summed E-state index contributed by atoms with van der Waals surface area (Å²) in [5.74, 6) is -2.11. The summed E-state index contributed by atoms with van der Waals surface area (Å²) in [7, 11) is 0. The van der Waals surface area contributed by atoms with Gasteiger partial charge in [0.25, 0.3) is 0 Å². The number of fused-ring (bicyclic) bond motifs is 1. The smallest absolute Gasteiger partial charge is 0.310 e. The molecule has 1 aromatic rings. The lowest BCUT2D eigenvalue weighted by Gasteiger charge is -2.36. The number of halogens is 1. The second kappa shape index (κ2) is 8.75. The number of amides is 2. The second-order valence-electron chi connectivity index (χ2n) is 8.40. The minimum Gasteiger partial charge on any atom is -0.466 e. The molecule has 7 nitrogen and oxygen atoms in total. The highest BCUT2D eigenvalue weighted by Crippen LogP contribution is 2.68. The van der Waals surface area contributed by atoms with Gasteiger partial charge in [-0.25, -0.2) is 0 Å². The molecule has 3 unspecified atom stereocenters. The van der Waals surface area contributed by atoms with Gasteiger partial charge in [-0.15, -0.1) is 11.8 Å². The van der Waals surface area contributed by atoms with E-state index in [0.29, 0.717) is 13.0 Å². The van der Waals surface area contributed by atoms with Crippen molar-refractivity contribution >= 4 is 45.5 Å². The van der Waals surface area contributed by atoms with E-state index < -0.39 is 28.7 Å². The molecule has 9 heteroatoms. The maximum Gasteiger partial charge on any atom is 0.310 e. The van der Waals surface area contributed by atoms with Crippen molar-refractivity contribution in [2.24, 2.45) is 11.8 Å². The Kier molecular flexibility index (Phi) is 6.38. The van der Waals surface area contributed by atoms with E-state index >= 15 is 0 Å². The fraction of sp³-hybridized carbons (Fsp3) is 0.591. The number of hydrogen-bond donors (Lipinski definition) is 2. The predicted octanol–water partition coefficient (Wildman–Crippen LogP) is 1.71. The number of esters is 1. The molecule has 7 atom stereocenters. The van der Waals surface area contributed by atoms with Crippen LogP contribution in [0.2, 0.25) is 0 Å². The minimum atomic E-state index is -0.759. The van der Waals surface area contributed by atoms with Crippen molar-refractivity contribution in [1.82, 2.24) is 10.2 Å². The Morgan fingerprint density at radius 3 is 2.74 bits per heavy atom. The Labute approximate surface area is 194 Å². The number of nitrogens with one attached hydrogen (secondary N) is 1. The number of thioether (sulfide) groups is 1. The van der Waals surface area contributed by atoms with Crippen LogP contribution < -0.4 is 5.32 Å². The molecule has 2 bridgehead atoms. The molecule has 1 spiro atoms. The molecule has 0 saturated carbocycles. The Balaban J connectivity index is 1.68. The van der Waals surface area contributed by atoms with E-state index in [4.69, 9.17) is 4.74 Å². The number of nitrogens with zero attached hydrogens (tertiary/aromatic N) is 1. The van der Waals surface area contributed by atoms with Crippen molar-refractivity contribution in [2.75, 3.05) is 13.2 Å². The summed E-state index contributed by atoms with van der Waals surface area (Å²) < 4.78 is 4.58. The van der Waals surface area contributed by atoms with Gasteiger partial charge in [-0.3, -0.25) is 14.4 Å². The molecular weight excluding hydrogens is 484 g/mol. The first kappa shape index (κ1) is 22.6. The van der Waals surface area contributed by atoms with E-state index in [1.807, 2.05) is 30.3 Å². The van der Waals surface area contributed by atoms with E-state index in [1.165, 1.54) is 4.90 Å². The molecule has 3 saturated heterocycles. The molecule has 168 valence electrons. The van der Waals surface area contributed by atoms with E-state index in [2.05, 4.69) is 21.2 Å². The molecule has 2 amide bonds. The van der Waals surface area contributed by atoms with Gasteiger partial charge in [0, 0.05) is 16.6 Å². The van der Waals surface area contributed by atoms with Gasteiger partial charge in [0.05, 0.1) is 35.8 Å². The minimum absolute atomic E-state index is 0.00441. The lowest BCUT2D eigenvalue weighted by molar-refractivity contribution is -0.154. The zero-order valence-electron chi connectivity index (χ0n) is 17.5. The van der Waals surface area contributed by atoms with Crippen molar-refractivity contribution in [2.45, 2.75) is 53.7 Å². The van der Waals surface area contributed by atoms with E-state index in [9.17, 15) is 19.5 Å². The van der Waals surface area contributed by atoms with E-state index in [1.54, 1.807) is 25.6 Å². The molecule has 0 aromatic heterocycles. The first-order valence-electron chi connectivity index (χ1n) is 10.6. The van der Waals surface area contributed by atoms with Crippen LogP contribution in [-0.2, 0) is 25.7 Å². The van der Waals surface area contributed by atoms with E-state index in [-0.39, 0.29) is 41.1 Å². The van der Waals surface area contributed by atoms with Crippen molar-refractivity contribution in [1.29, 1.82) is 0 Å². The molecule has 4 rings (SSSR count). The number of aliphatic hydroxyl groups excluding tert-OH is 1. The third kappa shape index (κ3) is 3.58. The van der Waals surface area contributed by atoms with E-state index in [0.717, 1.165) is 5.56 Å². The second-order valence-corrected chi connectivity index (χ2v) is 11.1. The Morgan fingerprint density at radius 1 is 1.39 bits per heavy atom. The molecule has 3 heterocycles. The lowest BCUT2D eigenvalue weighted by Crippen LogP contribution is -2.56. The number of hydrogen-bond acceptors (Lipinski definition) is 6. The lowest BCUT2D eigenvalue weighted by atomic mass is 9.71. The molecule has 0 aliphatic carbocycles. The number of rotatable bonds is 7. The zero-order valence-corrected chi connectivity index (χ0v) is 19.9. The van der Waals surface area contributed by atoms with Gasteiger partial charge >= 0.3 is 5.97 Å². The van der Waals surface area contributed by atoms with Gasteiger partial charge in [-0.05, 0) is 25.8 Å². The van der Waals surface area contributed by atoms with Crippen LogP contribution in [0.15, 0.2) is 30.3 Å². The number of ether oxygens (including phenoxy) is 1. The third-order valence-electron chi connectivity index (χ3n) is 6.58. The van der Waals surface area contributed by atoms with Crippen LogP contribution >= 0.6 is 27.7 Å². The summed E-state index contributed by atoms with van der Waals surface area (Å²) in [6.07, 6.45) is 0.604. The molecular formula is C22H27BrN2O5S. The van der Waals surface area contributed by atoms with Crippen LogP contribution in [0.5, 0.6) is 0 Å². The van der Waals surface area contributed by atoms with Crippen molar-refractivity contribution < 1.29 is 24.2 Å². The van der Waals surface area contributed by atoms with Gasteiger partial charge in [0.15, 0.2) is 0 Å². The fourth-order valence-electron chi connectivity index (χ4n) is 5.32. The summed E-state index contributed by atoms with van der Waals surface area (Å²) in [6, 6.07) is 8.29. The first-order chi connectivity index (χ1) is 14.9. The van der Waals surface area contributed by atoms with Crippen LogP contribution in [0.3, 0.4) is 0 Å². The van der Waals surface area contributed by atoms with Gasteiger partial charge in [-0.2, -0.15) is 0 Å². The summed E-state index contributed by atoms with van der Waals surface area (Å²) in [5.41, 5.74) is 0.960. The molecule has 2 N–H and O–H groups in total. The largest absolute Gasteiger partial charge is 0.466 e. The molecule has 3 aliphatic heterocycles. The average molecular weight is 511 g/mol. The van der Waals surface area contributed by atoms with Crippen molar-refractivity contribution in [3.8, 4) is 0 Å². The number of likely N-dealkylation sites (tertiary alicyclic amines) is 1. The van der Waals surface area contributed by atoms with Gasteiger partial charge in [0.2, 0.25) is 11.8 Å². The number of aliphatic hydroxyl groups is 1. The quantitative estimate of drug-likeness (QED) is 0.428. The highest BCUT2D eigenvalue weighted by atomic mass is 79.9. The summed E-state index contributed by atoms with van der Waals surface area (Å²) >= 11 is 5.25. The predicted molar refractivity (Wildman–Crippen MR) is 121 cm³/mol.